The Morgan fingerprint density at radius 2 is 1.92 bits per heavy atom. The molecule has 0 bridgehead atoms. The van der Waals surface area contributed by atoms with Crippen LogP contribution in [0, 0.1) is 6.92 Å². The summed E-state index contributed by atoms with van der Waals surface area (Å²) >= 11 is 6.09. The Hall–Kier alpha value is -2.53. The van der Waals surface area contributed by atoms with Gasteiger partial charge in [0.25, 0.3) is 5.91 Å². The van der Waals surface area contributed by atoms with Crippen LogP contribution in [-0.2, 0) is 4.74 Å². The molecule has 0 radical (unpaired) electrons. The van der Waals surface area contributed by atoms with Crippen molar-refractivity contribution in [1.29, 1.82) is 0 Å². The molecule has 6 heteroatoms. The molecule has 0 heterocycles. The molecule has 0 aromatic heterocycles. The quantitative estimate of drug-likeness (QED) is 0.827. The number of amides is 1. The first-order valence-electron chi connectivity index (χ1n) is 7.39. The molecule has 5 nitrogen and oxygen atoms in total. The molecule has 1 amide bonds. The van der Waals surface area contributed by atoms with Gasteiger partial charge >= 0.3 is 5.97 Å². The van der Waals surface area contributed by atoms with Gasteiger partial charge in [-0.25, -0.2) is 4.79 Å². The maximum absolute atomic E-state index is 12.3. The summed E-state index contributed by atoms with van der Waals surface area (Å²) in [7, 11) is 1.58. The first kappa shape index (κ1) is 17.8. The fourth-order valence-electron chi connectivity index (χ4n) is 2.19. The average Bonchev–Trinajstić information content (AvgIpc) is 2.55. The van der Waals surface area contributed by atoms with Gasteiger partial charge in [-0.2, -0.15) is 0 Å². The lowest BCUT2D eigenvalue weighted by Crippen LogP contribution is -2.13. The number of rotatable bonds is 5. The number of esters is 1. The van der Waals surface area contributed by atoms with Crippen LogP contribution in [0.15, 0.2) is 36.4 Å². The maximum Gasteiger partial charge on any atom is 0.339 e. The third-order valence-corrected chi connectivity index (χ3v) is 3.69. The number of anilines is 1. The maximum atomic E-state index is 12.3. The van der Waals surface area contributed by atoms with E-state index in [0.717, 1.165) is 5.56 Å². The minimum atomic E-state index is -0.494. The Balaban J connectivity index is 2.16. The topological polar surface area (TPSA) is 64.6 Å². The minimum Gasteiger partial charge on any atom is -0.496 e. The zero-order valence-corrected chi connectivity index (χ0v) is 14.4. The van der Waals surface area contributed by atoms with Gasteiger partial charge in [0.15, 0.2) is 0 Å². The number of aryl methyl sites for hydroxylation is 1. The molecule has 2 rings (SSSR count). The van der Waals surface area contributed by atoms with E-state index in [9.17, 15) is 9.59 Å². The van der Waals surface area contributed by atoms with Gasteiger partial charge < -0.3 is 14.8 Å². The number of hydrogen-bond acceptors (Lipinski definition) is 4. The lowest BCUT2D eigenvalue weighted by Gasteiger charge is -2.10. The van der Waals surface area contributed by atoms with E-state index in [1.54, 1.807) is 38.3 Å². The number of benzene rings is 2. The summed E-state index contributed by atoms with van der Waals surface area (Å²) < 4.78 is 10.1. The Morgan fingerprint density at radius 1 is 1.17 bits per heavy atom. The lowest BCUT2D eigenvalue weighted by molar-refractivity contribution is 0.0526. The van der Waals surface area contributed by atoms with E-state index < -0.39 is 5.97 Å². The van der Waals surface area contributed by atoms with Gasteiger partial charge in [0.2, 0.25) is 0 Å². The fourth-order valence-corrected chi connectivity index (χ4v) is 2.45. The Labute approximate surface area is 145 Å². The van der Waals surface area contributed by atoms with Crippen molar-refractivity contribution >= 4 is 29.2 Å². The number of nitrogens with one attached hydrogen (secondary N) is 1. The molecule has 0 aliphatic rings. The van der Waals surface area contributed by atoms with E-state index in [1.807, 2.05) is 6.92 Å². The van der Waals surface area contributed by atoms with Gasteiger partial charge in [-0.1, -0.05) is 11.6 Å². The van der Waals surface area contributed by atoms with Crippen LogP contribution in [-0.4, -0.2) is 25.6 Å². The SMILES string of the molecule is CCOC(=O)c1ccc(NC(=O)c2ccc(OC)c(C)c2)cc1Cl. The van der Waals surface area contributed by atoms with Crippen LogP contribution in [0.3, 0.4) is 0 Å². The standard InChI is InChI=1S/C18H18ClNO4/c1-4-24-18(22)14-7-6-13(10-15(14)19)20-17(21)12-5-8-16(23-3)11(2)9-12/h5-10H,4H2,1-3H3,(H,20,21). The average molecular weight is 348 g/mol. The fraction of sp³-hybridized carbons (Fsp3) is 0.222. The van der Waals surface area contributed by atoms with Crippen LogP contribution >= 0.6 is 11.6 Å². The number of hydrogen-bond donors (Lipinski definition) is 1. The number of methoxy groups -OCH3 is 1. The second-order valence-electron chi connectivity index (χ2n) is 5.05. The second kappa shape index (κ2) is 7.84. The molecule has 0 unspecified atom stereocenters. The van der Waals surface area contributed by atoms with E-state index in [1.165, 1.54) is 12.1 Å². The second-order valence-corrected chi connectivity index (χ2v) is 5.46. The summed E-state index contributed by atoms with van der Waals surface area (Å²) in [5, 5.41) is 2.97. The lowest BCUT2D eigenvalue weighted by atomic mass is 10.1. The third kappa shape index (κ3) is 4.06. The van der Waals surface area contributed by atoms with Gasteiger partial charge in [-0.05, 0) is 55.8 Å². The molecule has 0 aliphatic heterocycles. The molecule has 0 aliphatic carbocycles. The molecule has 0 atom stereocenters. The van der Waals surface area contributed by atoms with Crippen molar-refractivity contribution in [2.75, 3.05) is 19.0 Å². The molecule has 1 N–H and O–H groups in total. The highest BCUT2D eigenvalue weighted by atomic mass is 35.5. The van der Waals surface area contributed by atoms with Crippen LogP contribution in [0.5, 0.6) is 5.75 Å². The van der Waals surface area contributed by atoms with Crippen LogP contribution in [0.25, 0.3) is 0 Å². The summed E-state index contributed by atoms with van der Waals surface area (Å²) in [6.07, 6.45) is 0. The van der Waals surface area contributed by atoms with Crippen molar-refractivity contribution in [1.82, 2.24) is 0 Å². The van der Waals surface area contributed by atoms with E-state index >= 15 is 0 Å². The number of halogens is 1. The van der Waals surface area contributed by atoms with Crippen molar-refractivity contribution in [3.8, 4) is 5.75 Å². The molecule has 0 spiro atoms. The van der Waals surface area contributed by atoms with Gasteiger partial charge in [0, 0.05) is 11.3 Å². The molecule has 0 fully saturated rings. The zero-order chi connectivity index (χ0) is 17.7. The highest BCUT2D eigenvalue weighted by Crippen LogP contribution is 2.23. The highest BCUT2D eigenvalue weighted by molar-refractivity contribution is 6.34. The Kier molecular flexibility index (Phi) is 5.82. The van der Waals surface area contributed by atoms with E-state index in [4.69, 9.17) is 21.1 Å². The van der Waals surface area contributed by atoms with Crippen molar-refractivity contribution in [3.63, 3.8) is 0 Å². The summed E-state index contributed by atoms with van der Waals surface area (Å²) in [4.78, 5) is 24.0. The minimum absolute atomic E-state index is 0.220. The Bertz CT molecular complexity index is 774. The largest absolute Gasteiger partial charge is 0.496 e. The normalized spacial score (nSPS) is 10.2. The van der Waals surface area contributed by atoms with Gasteiger partial charge in [0.1, 0.15) is 5.75 Å². The smallest absolute Gasteiger partial charge is 0.339 e. The number of ether oxygens (including phenoxy) is 2. The molecule has 0 saturated heterocycles. The van der Waals surface area contributed by atoms with Gasteiger partial charge in [-0.3, -0.25) is 4.79 Å². The van der Waals surface area contributed by atoms with Crippen LogP contribution in [0.1, 0.15) is 33.2 Å². The van der Waals surface area contributed by atoms with Crippen LogP contribution in [0.2, 0.25) is 5.02 Å². The monoisotopic (exact) mass is 347 g/mol. The van der Waals surface area contributed by atoms with Crippen molar-refractivity contribution < 1.29 is 19.1 Å². The summed E-state index contributed by atoms with van der Waals surface area (Å²) in [6.45, 7) is 3.85. The Morgan fingerprint density at radius 3 is 2.50 bits per heavy atom. The van der Waals surface area contributed by atoms with Crippen molar-refractivity contribution in [3.05, 3.63) is 58.1 Å². The number of carbonyl (C=O) groups excluding carboxylic acids is 2. The molecule has 126 valence electrons. The number of carbonyl (C=O) groups is 2. The molecule has 24 heavy (non-hydrogen) atoms. The van der Waals surface area contributed by atoms with E-state index in [-0.39, 0.29) is 23.1 Å². The van der Waals surface area contributed by atoms with Gasteiger partial charge in [-0.15, -0.1) is 0 Å². The van der Waals surface area contributed by atoms with Crippen molar-refractivity contribution in [2.24, 2.45) is 0 Å². The first-order valence-corrected chi connectivity index (χ1v) is 7.76. The van der Waals surface area contributed by atoms with Crippen molar-refractivity contribution in [2.45, 2.75) is 13.8 Å². The van der Waals surface area contributed by atoms with E-state index in [0.29, 0.717) is 17.0 Å². The van der Waals surface area contributed by atoms with Crippen LogP contribution < -0.4 is 10.1 Å². The van der Waals surface area contributed by atoms with E-state index in [2.05, 4.69) is 5.32 Å². The molecular formula is C18H18ClNO4. The molecule has 2 aromatic carbocycles. The predicted molar refractivity (Wildman–Crippen MR) is 93.1 cm³/mol. The summed E-state index contributed by atoms with van der Waals surface area (Å²) in [6, 6.07) is 9.79. The molecule has 0 saturated carbocycles. The predicted octanol–water partition coefficient (Wildman–Crippen LogP) is 4.09. The molecular weight excluding hydrogens is 330 g/mol. The van der Waals surface area contributed by atoms with Crippen LogP contribution in [0.4, 0.5) is 5.69 Å². The van der Waals surface area contributed by atoms with Gasteiger partial charge in [0.05, 0.1) is 24.3 Å². The third-order valence-electron chi connectivity index (χ3n) is 3.38. The molecule has 2 aromatic rings. The highest BCUT2D eigenvalue weighted by Gasteiger charge is 2.13. The summed E-state index contributed by atoms with van der Waals surface area (Å²) in [5.41, 5.74) is 2.11. The first-order chi connectivity index (χ1) is 11.5. The zero-order valence-electron chi connectivity index (χ0n) is 13.7. The summed E-state index contributed by atoms with van der Waals surface area (Å²) in [5.74, 6) is -0.0553.